The number of carboxylic acid groups (broad SMARTS) is 2. The summed E-state index contributed by atoms with van der Waals surface area (Å²) < 4.78 is 38.8. The molecule has 2 saturated heterocycles. The summed E-state index contributed by atoms with van der Waals surface area (Å²) in [5.41, 5.74) is -1.66. The number of fused-ring (bicyclic) bond motifs is 1. The van der Waals surface area contributed by atoms with Gasteiger partial charge in [-0.15, -0.1) is 0 Å². The van der Waals surface area contributed by atoms with Crippen LogP contribution in [0.2, 0.25) is 0 Å². The van der Waals surface area contributed by atoms with Gasteiger partial charge in [-0.25, -0.2) is 0 Å². The number of esters is 2. The molecule has 310 valence electrons. The van der Waals surface area contributed by atoms with Gasteiger partial charge in [0.1, 0.15) is 46.9 Å². The normalized spacial score (nSPS) is 27.4. The highest BCUT2D eigenvalue weighted by atomic mass is 16.7. The van der Waals surface area contributed by atoms with Crippen molar-refractivity contribution in [2.24, 2.45) is 0 Å². The van der Waals surface area contributed by atoms with Gasteiger partial charge in [-0.05, 0) is 25.1 Å². The van der Waals surface area contributed by atoms with E-state index in [4.69, 9.17) is 43.1 Å². The lowest BCUT2D eigenvalue weighted by molar-refractivity contribution is -0.320. The first-order valence-corrected chi connectivity index (χ1v) is 17.0. The highest BCUT2D eigenvalue weighted by molar-refractivity contribution is 5.88. The fourth-order valence-electron chi connectivity index (χ4n) is 5.96. The number of benzene rings is 2. The third-order valence-corrected chi connectivity index (χ3v) is 8.85. The van der Waals surface area contributed by atoms with Crippen molar-refractivity contribution in [3.8, 4) is 40.1 Å². The second-order valence-electron chi connectivity index (χ2n) is 13.0. The van der Waals surface area contributed by atoms with Crippen molar-refractivity contribution in [1.82, 2.24) is 0 Å². The fourth-order valence-corrected chi connectivity index (χ4v) is 5.96. The number of aliphatic carboxylic acids is 2. The summed E-state index contributed by atoms with van der Waals surface area (Å²) in [4.78, 5) is 60.5. The Kier molecular flexibility index (Phi) is 13.1. The Balaban J connectivity index is 1.45. The SMILES string of the molecule is C[C@@H]1O[C@@H](OC[C@H]2O[C@@H](Oc3c(-c4ccc(O)c(O)c4)oc4cc(O)cc(O)c4c3=O)[C@H](O)[C@@H](OC(=O)CCC(=O)O)[C@@H]2O)[C@H](O)[C@H](O)[C@H]1OC(=O)CCC(=O)O. The Morgan fingerprint density at radius 2 is 1.33 bits per heavy atom. The van der Waals surface area contributed by atoms with Crippen LogP contribution in [-0.4, -0.2) is 143 Å². The molecule has 3 aromatic rings. The molecular weight excluding hydrogens is 772 g/mol. The van der Waals surface area contributed by atoms with Gasteiger partial charge in [-0.2, -0.15) is 0 Å². The van der Waals surface area contributed by atoms with Crippen molar-refractivity contribution < 1.29 is 103 Å². The summed E-state index contributed by atoms with van der Waals surface area (Å²) >= 11 is 0. The number of phenolic OH excluding ortho intramolecular Hbond substituents is 4. The first-order valence-electron chi connectivity index (χ1n) is 17.0. The molecule has 1 aromatic heterocycles. The number of carbonyl (C=O) groups is 4. The number of carbonyl (C=O) groups excluding carboxylic acids is 2. The molecule has 0 spiro atoms. The Morgan fingerprint density at radius 3 is 1.95 bits per heavy atom. The first kappa shape index (κ1) is 42.4. The van der Waals surface area contributed by atoms with Gasteiger partial charge in [-0.3, -0.25) is 24.0 Å². The van der Waals surface area contributed by atoms with Crippen LogP contribution in [0.5, 0.6) is 28.7 Å². The second kappa shape index (κ2) is 17.6. The largest absolute Gasteiger partial charge is 0.508 e. The molecule has 10 atom stereocenters. The van der Waals surface area contributed by atoms with Crippen LogP contribution in [-0.2, 0) is 42.9 Å². The average Bonchev–Trinajstić information content (AvgIpc) is 3.14. The zero-order valence-corrected chi connectivity index (χ0v) is 29.6. The third-order valence-electron chi connectivity index (χ3n) is 8.85. The van der Waals surface area contributed by atoms with E-state index in [1.807, 2.05) is 0 Å². The summed E-state index contributed by atoms with van der Waals surface area (Å²) in [6, 6.07) is 4.92. The molecule has 3 heterocycles. The van der Waals surface area contributed by atoms with E-state index < -0.39 is 163 Å². The van der Waals surface area contributed by atoms with Crippen molar-refractivity contribution in [1.29, 1.82) is 0 Å². The number of ether oxygens (including phenoxy) is 6. The molecule has 10 N–H and O–H groups in total. The molecule has 2 aromatic carbocycles. The topological polar surface area (TPSA) is 356 Å². The van der Waals surface area contributed by atoms with Gasteiger partial charge in [0.15, 0.2) is 41.9 Å². The predicted molar refractivity (Wildman–Crippen MR) is 182 cm³/mol. The van der Waals surface area contributed by atoms with Crippen LogP contribution in [0.4, 0.5) is 0 Å². The smallest absolute Gasteiger partial charge is 0.306 e. The van der Waals surface area contributed by atoms with Crippen LogP contribution in [0.15, 0.2) is 39.5 Å². The molecule has 0 bridgehead atoms. The summed E-state index contributed by atoms with van der Waals surface area (Å²) in [7, 11) is 0. The number of rotatable bonds is 14. The quantitative estimate of drug-likeness (QED) is 0.0699. The highest BCUT2D eigenvalue weighted by Crippen LogP contribution is 2.40. The Hall–Kier alpha value is -5.75. The van der Waals surface area contributed by atoms with Crippen molar-refractivity contribution >= 4 is 34.8 Å². The molecule has 2 aliphatic heterocycles. The van der Waals surface area contributed by atoms with Crippen molar-refractivity contribution in [2.75, 3.05) is 6.61 Å². The third kappa shape index (κ3) is 9.62. The van der Waals surface area contributed by atoms with Crippen LogP contribution < -0.4 is 10.2 Å². The second-order valence-corrected chi connectivity index (χ2v) is 13.0. The number of aromatic hydroxyl groups is 4. The van der Waals surface area contributed by atoms with E-state index in [1.165, 1.54) is 13.0 Å². The minimum Gasteiger partial charge on any atom is -0.508 e. The average molecular weight is 811 g/mol. The van der Waals surface area contributed by atoms with Gasteiger partial charge in [0, 0.05) is 17.7 Å². The zero-order valence-electron chi connectivity index (χ0n) is 29.6. The molecule has 0 unspecified atom stereocenters. The summed E-state index contributed by atoms with van der Waals surface area (Å²) in [5, 5.41) is 102. The van der Waals surface area contributed by atoms with Crippen molar-refractivity contribution in [2.45, 2.75) is 94.0 Å². The van der Waals surface area contributed by atoms with Crippen molar-refractivity contribution in [3.05, 3.63) is 40.6 Å². The van der Waals surface area contributed by atoms with Crippen LogP contribution in [0.1, 0.15) is 32.6 Å². The van der Waals surface area contributed by atoms with Gasteiger partial charge in [0.05, 0.1) is 38.4 Å². The molecule has 22 heteroatoms. The lowest BCUT2D eigenvalue weighted by Gasteiger charge is -2.43. The molecule has 0 aliphatic carbocycles. The molecule has 0 amide bonds. The minimum absolute atomic E-state index is 0.133. The van der Waals surface area contributed by atoms with Gasteiger partial charge in [0.25, 0.3) is 0 Å². The van der Waals surface area contributed by atoms with Crippen LogP contribution in [0.25, 0.3) is 22.3 Å². The minimum atomic E-state index is -2.18. The van der Waals surface area contributed by atoms with Crippen molar-refractivity contribution in [3.63, 3.8) is 0 Å². The zero-order chi connectivity index (χ0) is 41.9. The maximum atomic E-state index is 13.9. The lowest BCUT2D eigenvalue weighted by Crippen LogP contribution is -2.63. The van der Waals surface area contributed by atoms with Crippen LogP contribution in [0, 0.1) is 0 Å². The van der Waals surface area contributed by atoms with Gasteiger partial charge >= 0.3 is 23.9 Å². The monoisotopic (exact) mass is 810 g/mol. The molecular formula is C35H38O22. The number of carboxylic acids is 2. The summed E-state index contributed by atoms with van der Waals surface area (Å²) in [6.45, 7) is 0.519. The number of hydrogen-bond acceptors (Lipinski definition) is 20. The Morgan fingerprint density at radius 1 is 0.702 bits per heavy atom. The van der Waals surface area contributed by atoms with E-state index in [0.29, 0.717) is 0 Å². The highest BCUT2D eigenvalue weighted by Gasteiger charge is 2.50. The predicted octanol–water partition coefficient (Wildman–Crippen LogP) is -0.856. The Bertz CT molecular complexity index is 2040. The number of aliphatic hydroxyl groups is 4. The van der Waals surface area contributed by atoms with E-state index >= 15 is 0 Å². The maximum absolute atomic E-state index is 13.9. The standard InChI is InChI=1S/C35H38O22/c1-12-30(55-22(44)6-4-20(40)41)27(48)28(49)34(52-12)51-11-19-25(46)32(56-23(45)7-5-21(42)43)29(50)35(54-19)57-33-26(47)24-17(39)9-14(36)10-18(24)53-31(33)13-2-3-15(37)16(38)8-13/h2-3,8-10,12,19,25,27-30,32,34-39,46,48-50H,4-7,11H2,1H3,(H,40,41)(H,42,43)/t12-,19+,25+,27-,28+,29+,30-,32-,34+,35-/m0/s1. The Labute approximate surface area is 319 Å². The summed E-state index contributed by atoms with van der Waals surface area (Å²) in [6.07, 6.45) is -20.6. The summed E-state index contributed by atoms with van der Waals surface area (Å²) in [5.74, 6) is -8.76. The fraction of sp³-hybridized carbons (Fsp3) is 0.457. The maximum Gasteiger partial charge on any atom is 0.306 e. The molecule has 2 aliphatic rings. The molecule has 2 fully saturated rings. The molecule has 22 nitrogen and oxygen atoms in total. The van der Waals surface area contributed by atoms with Gasteiger partial charge in [-0.1, -0.05) is 0 Å². The number of hydrogen-bond donors (Lipinski definition) is 10. The van der Waals surface area contributed by atoms with Gasteiger partial charge < -0.3 is 83.9 Å². The first-order chi connectivity index (χ1) is 26.9. The van der Waals surface area contributed by atoms with E-state index in [-0.39, 0.29) is 11.1 Å². The lowest BCUT2D eigenvalue weighted by atomic mass is 9.98. The molecule has 57 heavy (non-hydrogen) atoms. The molecule has 0 saturated carbocycles. The molecule has 0 radical (unpaired) electrons. The van der Waals surface area contributed by atoms with E-state index in [2.05, 4.69) is 0 Å². The number of aliphatic hydroxyl groups excluding tert-OH is 4. The van der Waals surface area contributed by atoms with E-state index in [9.17, 15) is 64.8 Å². The van der Waals surface area contributed by atoms with Gasteiger partial charge in [0.2, 0.25) is 17.5 Å². The number of phenols is 4. The van der Waals surface area contributed by atoms with Crippen LogP contribution >= 0.6 is 0 Å². The molecule has 5 rings (SSSR count). The van der Waals surface area contributed by atoms with E-state index in [0.717, 1.165) is 24.3 Å². The van der Waals surface area contributed by atoms with E-state index in [1.54, 1.807) is 0 Å². The van der Waals surface area contributed by atoms with Crippen LogP contribution in [0.3, 0.4) is 0 Å².